The Hall–Kier alpha value is -1.55. The van der Waals surface area contributed by atoms with Gasteiger partial charge in [-0.3, -0.25) is 9.69 Å². The summed E-state index contributed by atoms with van der Waals surface area (Å²) in [6.45, 7) is 5.18. The second kappa shape index (κ2) is 7.29. The molecule has 1 atom stereocenters. The van der Waals surface area contributed by atoms with Crippen molar-refractivity contribution in [3.8, 4) is 5.75 Å². The van der Waals surface area contributed by atoms with E-state index in [1.807, 2.05) is 24.3 Å². The Bertz CT molecular complexity index is 431. The summed E-state index contributed by atoms with van der Waals surface area (Å²) in [7, 11) is 1.64. The summed E-state index contributed by atoms with van der Waals surface area (Å²) < 4.78 is 5.11. The molecule has 110 valence electrons. The van der Waals surface area contributed by atoms with Crippen LogP contribution >= 0.6 is 0 Å². The van der Waals surface area contributed by atoms with E-state index in [1.165, 1.54) is 12.8 Å². The largest absolute Gasteiger partial charge is 0.497 e. The zero-order valence-electron chi connectivity index (χ0n) is 12.4. The average molecular weight is 276 g/mol. The van der Waals surface area contributed by atoms with Crippen LogP contribution in [0, 0.1) is 0 Å². The van der Waals surface area contributed by atoms with Crippen molar-refractivity contribution in [3.05, 3.63) is 29.8 Å². The number of rotatable bonds is 6. The number of carbonyl (C=O) groups excluding carboxylic acids is 1. The van der Waals surface area contributed by atoms with Gasteiger partial charge in [-0.25, -0.2) is 0 Å². The highest BCUT2D eigenvalue weighted by atomic mass is 16.5. The lowest BCUT2D eigenvalue weighted by Gasteiger charge is -2.22. The van der Waals surface area contributed by atoms with Gasteiger partial charge >= 0.3 is 0 Å². The van der Waals surface area contributed by atoms with Gasteiger partial charge in [-0.2, -0.15) is 0 Å². The van der Waals surface area contributed by atoms with Gasteiger partial charge in [0, 0.05) is 12.6 Å². The van der Waals surface area contributed by atoms with Crippen LogP contribution in [-0.2, 0) is 11.2 Å². The second-order valence-corrected chi connectivity index (χ2v) is 5.25. The summed E-state index contributed by atoms with van der Waals surface area (Å²) in [4.78, 5) is 14.4. The fraction of sp³-hybridized carbons (Fsp3) is 0.562. The van der Waals surface area contributed by atoms with E-state index < -0.39 is 0 Å². The molecule has 1 aromatic carbocycles. The quantitative estimate of drug-likeness (QED) is 0.862. The fourth-order valence-corrected chi connectivity index (χ4v) is 2.77. The molecule has 0 unspecified atom stereocenters. The number of likely N-dealkylation sites (N-methyl/N-ethyl adjacent to an activating group) is 1. The standard InChI is InChI=1S/C16H24N2O2/c1-3-18-10-4-5-14(18)12-17-16(19)11-13-6-8-15(20-2)9-7-13/h6-9,14H,3-5,10-12H2,1-2H3,(H,17,19)/t14-/m0/s1. The van der Waals surface area contributed by atoms with Crippen LogP contribution in [0.4, 0.5) is 0 Å². The number of benzene rings is 1. The van der Waals surface area contributed by atoms with Crippen LogP contribution in [0.25, 0.3) is 0 Å². The molecular formula is C16H24N2O2. The van der Waals surface area contributed by atoms with Crippen molar-refractivity contribution < 1.29 is 9.53 Å². The first-order valence-electron chi connectivity index (χ1n) is 7.36. The van der Waals surface area contributed by atoms with Crippen molar-refractivity contribution in [1.29, 1.82) is 0 Å². The van der Waals surface area contributed by atoms with Gasteiger partial charge in [0.25, 0.3) is 0 Å². The van der Waals surface area contributed by atoms with E-state index in [-0.39, 0.29) is 5.91 Å². The Morgan fingerprint density at radius 2 is 2.15 bits per heavy atom. The SMILES string of the molecule is CCN1CCC[C@H]1CNC(=O)Cc1ccc(OC)cc1. The Kier molecular flexibility index (Phi) is 5.41. The predicted octanol–water partition coefficient (Wildman–Crippen LogP) is 1.84. The van der Waals surface area contributed by atoms with E-state index in [1.54, 1.807) is 7.11 Å². The van der Waals surface area contributed by atoms with Crippen LogP contribution in [0.3, 0.4) is 0 Å². The van der Waals surface area contributed by atoms with Crippen LogP contribution in [0.1, 0.15) is 25.3 Å². The molecule has 1 heterocycles. The highest BCUT2D eigenvalue weighted by molar-refractivity contribution is 5.78. The molecular weight excluding hydrogens is 252 g/mol. The monoisotopic (exact) mass is 276 g/mol. The number of amides is 1. The highest BCUT2D eigenvalue weighted by Crippen LogP contribution is 2.15. The lowest BCUT2D eigenvalue weighted by Crippen LogP contribution is -2.40. The number of likely N-dealkylation sites (tertiary alicyclic amines) is 1. The summed E-state index contributed by atoms with van der Waals surface area (Å²) in [5.41, 5.74) is 1.02. The molecule has 0 spiro atoms. The van der Waals surface area contributed by atoms with E-state index in [2.05, 4.69) is 17.1 Å². The molecule has 2 rings (SSSR count). The summed E-state index contributed by atoms with van der Waals surface area (Å²) in [5.74, 6) is 0.914. The zero-order valence-corrected chi connectivity index (χ0v) is 12.4. The maximum Gasteiger partial charge on any atom is 0.224 e. The van der Waals surface area contributed by atoms with Gasteiger partial charge < -0.3 is 10.1 Å². The molecule has 0 bridgehead atoms. The van der Waals surface area contributed by atoms with E-state index in [9.17, 15) is 4.79 Å². The molecule has 0 aliphatic carbocycles. The average Bonchev–Trinajstić information content (AvgIpc) is 2.93. The summed E-state index contributed by atoms with van der Waals surface area (Å²) >= 11 is 0. The Balaban J connectivity index is 1.77. The maximum atomic E-state index is 12.0. The van der Waals surface area contributed by atoms with Crippen LogP contribution < -0.4 is 10.1 Å². The van der Waals surface area contributed by atoms with Crippen molar-refractivity contribution in [3.63, 3.8) is 0 Å². The predicted molar refractivity (Wildman–Crippen MR) is 80.0 cm³/mol. The van der Waals surface area contributed by atoms with Crippen molar-refractivity contribution in [2.75, 3.05) is 26.7 Å². The van der Waals surface area contributed by atoms with Crippen LogP contribution in [0.5, 0.6) is 5.75 Å². The van der Waals surface area contributed by atoms with Gasteiger partial charge in [-0.15, -0.1) is 0 Å². The Morgan fingerprint density at radius 3 is 2.80 bits per heavy atom. The molecule has 0 saturated carbocycles. The lowest BCUT2D eigenvalue weighted by atomic mass is 10.1. The first kappa shape index (κ1) is 14.9. The topological polar surface area (TPSA) is 41.6 Å². The molecule has 0 aromatic heterocycles. The minimum absolute atomic E-state index is 0.0955. The number of hydrogen-bond donors (Lipinski definition) is 1. The molecule has 4 heteroatoms. The third-order valence-corrected chi connectivity index (χ3v) is 3.96. The molecule has 1 N–H and O–H groups in total. The van der Waals surface area contributed by atoms with Gasteiger partial charge in [-0.05, 0) is 43.6 Å². The molecule has 1 aliphatic rings. The number of nitrogens with one attached hydrogen (secondary N) is 1. The van der Waals surface area contributed by atoms with E-state index in [0.717, 1.165) is 30.9 Å². The maximum absolute atomic E-state index is 12.0. The van der Waals surface area contributed by atoms with Gasteiger partial charge in [0.05, 0.1) is 13.5 Å². The smallest absolute Gasteiger partial charge is 0.224 e. The Morgan fingerprint density at radius 1 is 1.40 bits per heavy atom. The number of hydrogen-bond acceptors (Lipinski definition) is 3. The first-order valence-corrected chi connectivity index (χ1v) is 7.36. The van der Waals surface area contributed by atoms with Crippen molar-refractivity contribution >= 4 is 5.91 Å². The minimum Gasteiger partial charge on any atom is -0.497 e. The normalized spacial score (nSPS) is 19.0. The number of carbonyl (C=O) groups is 1. The van der Waals surface area contributed by atoms with Gasteiger partial charge in [0.2, 0.25) is 5.91 Å². The van der Waals surface area contributed by atoms with Crippen LogP contribution in [0.2, 0.25) is 0 Å². The number of methoxy groups -OCH3 is 1. The summed E-state index contributed by atoms with van der Waals surface area (Å²) in [6.07, 6.45) is 2.87. The minimum atomic E-state index is 0.0955. The molecule has 1 amide bonds. The fourth-order valence-electron chi connectivity index (χ4n) is 2.77. The summed E-state index contributed by atoms with van der Waals surface area (Å²) in [6, 6.07) is 8.16. The molecule has 1 saturated heterocycles. The number of ether oxygens (including phenoxy) is 1. The van der Waals surface area contributed by atoms with Crippen LogP contribution in [0.15, 0.2) is 24.3 Å². The van der Waals surface area contributed by atoms with Crippen molar-refractivity contribution in [1.82, 2.24) is 10.2 Å². The van der Waals surface area contributed by atoms with Crippen LogP contribution in [-0.4, -0.2) is 43.6 Å². The van der Waals surface area contributed by atoms with Crippen molar-refractivity contribution in [2.24, 2.45) is 0 Å². The van der Waals surface area contributed by atoms with E-state index in [4.69, 9.17) is 4.74 Å². The molecule has 1 fully saturated rings. The third kappa shape index (κ3) is 3.97. The Labute approximate surface area is 121 Å². The first-order chi connectivity index (χ1) is 9.72. The molecule has 1 aliphatic heterocycles. The lowest BCUT2D eigenvalue weighted by molar-refractivity contribution is -0.120. The molecule has 4 nitrogen and oxygen atoms in total. The van der Waals surface area contributed by atoms with Gasteiger partial charge in [0.1, 0.15) is 5.75 Å². The third-order valence-electron chi connectivity index (χ3n) is 3.96. The molecule has 1 aromatic rings. The molecule has 20 heavy (non-hydrogen) atoms. The van der Waals surface area contributed by atoms with E-state index >= 15 is 0 Å². The highest BCUT2D eigenvalue weighted by Gasteiger charge is 2.22. The van der Waals surface area contributed by atoms with Gasteiger partial charge in [-0.1, -0.05) is 19.1 Å². The zero-order chi connectivity index (χ0) is 14.4. The van der Waals surface area contributed by atoms with Crippen molar-refractivity contribution in [2.45, 2.75) is 32.2 Å². The second-order valence-electron chi connectivity index (χ2n) is 5.25. The van der Waals surface area contributed by atoms with E-state index in [0.29, 0.717) is 12.5 Å². The molecule has 0 radical (unpaired) electrons. The van der Waals surface area contributed by atoms with Gasteiger partial charge in [0.15, 0.2) is 0 Å². The summed E-state index contributed by atoms with van der Waals surface area (Å²) in [5, 5.41) is 3.05. The number of nitrogens with zero attached hydrogens (tertiary/aromatic N) is 1.